The van der Waals surface area contributed by atoms with Gasteiger partial charge in [-0.25, -0.2) is 4.79 Å². The molecule has 1 heterocycles. The monoisotopic (exact) mass is 519 g/mol. The number of hydrogen-bond acceptors (Lipinski definition) is 6. The van der Waals surface area contributed by atoms with E-state index in [9.17, 15) is 14.7 Å². The summed E-state index contributed by atoms with van der Waals surface area (Å²) in [7, 11) is 0. The van der Waals surface area contributed by atoms with Crippen molar-refractivity contribution in [3.05, 3.63) is 100.0 Å². The molecule has 0 bridgehead atoms. The zero-order valence-electron chi connectivity index (χ0n) is 19.8. The number of rotatable bonds is 9. The maximum Gasteiger partial charge on any atom is 0.331 e. The van der Waals surface area contributed by atoms with Crippen molar-refractivity contribution in [1.29, 1.82) is 0 Å². The molecule has 1 fully saturated rings. The third-order valence-corrected chi connectivity index (χ3v) is 6.84. The van der Waals surface area contributed by atoms with Gasteiger partial charge in [0.1, 0.15) is 10.9 Å². The van der Waals surface area contributed by atoms with E-state index < -0.39 is 17.9 Å². The van der Waals surface area contributed by atoms with Crippen LogP contribution in [-0.4, -0.2) is 32.8 Å². The van der Waals surface area contributed by atoms with E-state index in [1.807, 2.05) is 44.2 Å². The van der Waals surface area contributed by atoms with Gasteiger partial charge in [0, 0.05) is 0 Å². The molecule has 36 heavy (non-hydrogen) atoms. The Morgan fingerprint density at radius 2 is 1.78 bits per heavy atom. The molecule has 1 N–H and O–H groups in total. The number of thioether (sulfide) groups is 1. The molecule has 1 aliphatic heterocycles. The van der Waals surface area contributed by atoms with Gasteiger partial charge < -0.3 is 14.6 Å². The number of carboxylic acids is 1. The number of nitrogens with zero attached hydrogens (tertiary/aromatic N) is 1. The lowest BCUT2D eigenvalue weighted by Crippen LogP contribution is -2.37. The maximum absolute atomic E-state index is 13.2. The average Bonchev–Trinajstić information content (AvgIpc) is 3.13. The van der Waals surface area contributed by atoms with Crippen LogP contribution in [0, 0.1) is 6.92 Å². The van der Waals surface area contributed by atoms with E-state index in [-0.39, 0.29) is 4.32 Å². The molecule has 0 radical (unpaired) electrons. The van der Waals surface area contributed by atoms with E-state index in [1.54, 1.807) is 48.5 Å². The standard InChI is InChI=1S/C28H25NO5S2/c1-3-33-23-15-20(13-14-22(23)34-17-19-11-9-18(2)10-12-19)16-24-26(30)29(28(35)36-24)25(27(31)32)21-7-5-4-6-8-21/h4-16,25H,3,17H2,1-2H3,(H,31,32)/b24-16-. The minimum absolute atomic E-state index is 0.200. The summed E-state index contributed by atoms with van der Waals surface area (Å²) in [5.74, 6) is -0.440. The second kappa shape index (κ2) is 11.4. The zero-order valence-corrected chi connectivity index (χ0v) is 21.5. The number of aryl methyl sites for hydroxylation is 1. The fourth-order valence-corrected chi connectivity index (χ4v) is 5.05. The molecule has 1 amide bonds. The molecular weight excluding hydrogens is 494 g/mol. The number of carbonyl (C=O) groups is 2. The molecule has 1 unspecified atom stereocenters. The predicted octanol–water partition coefficient (Wildman–Crippen LogP) is 6.00. The highest BCUT2D eigenvalue weighted by Crippen LogP contribution is 2.39. The Balaban J connectivity index is 1.56. The first-order chi connectivity index (χ1) is 17.4. The van der Waals surface area contributed by atoms with Gasteiger partial charge in [0.25, 0.3) is 5.91 Å². The predicted molar refractivity (Wildman–Crippen MR) is 145 cm³/mol. The zero-order chi connectivity index (χ0) is 25.7. The Morgan fingerprint density at radius 1 is 1.06 bits per heavy atom. The first kappa shape index (κ1) is 25.5. The number of amides is 1. The lowest BCUT2D eigenvalue weighted by atomic mass is 10.1. The van der Waals surface area contributed by atoms with Crippen LogP contribution in [0.1, 0.15) is 35.2 Å². The molecule has 184 valence electrons. The summed E-state index contributed by atoms with van der Waals surface area (Å²) < 4.78 is 12.0. The van der Waals surface area contributed by atoms with Crippen molar-refractivity contribution in [2.75, 3.05) is 6.61 Å². The highest BCUT2D eigenvalue weighted by atomic mass is 32.2. The average molecular weight is 520 g/mol. The summed E-state index contributed by atoms with van der Waals surface area (Å²) >= 11 is 6.49. The molecule has 3 aromatic rings. The van der Waals surface area contributed by atoms with Gasteiger partial charge in [-0.15, -0.1) is 0 Å². The Hall–Kier alpha value is -3.62. The van der Waals surface area contributed by atoms with E-state index >= 15 is 0 Å². The van der Waals surface area contributed by atoms with Gasteiger partial charge in [-0.05, 0) is 48.7 Å². The Morgan fingerprint density at radius 3 is 2.44 bits per heavy atom. The molecule has 3 aromatic carbocycles. The van der Waals surface area contributed by atoms with Gasteiger partial charge in [-0.3, -0.25) is 9.69 Å². The van der Waals surface area contributed by atoms with Crippen LogP contribution < -0.4 is 9.47 Å². The molecule has 4 rings (SSSR count). The molecule has 8 heteroatoms. The second-order valence-electron chi connectivity index (χ2n) is 8.12. The third-order valence-electron chi connectivity index (χ3n) is 5.51. The third kappa shape index (κ3) is 5.78. The Labute approximate surface area is 219 Å². The van der Waals surface area contributed by atoms with Crippen LogP contribution >= 0.6 is 24.0 Å². The molecule has 1 saturated heterocycles. The summed E-state index contributed by atoms with van der Waals surface area (Å²) in [5, 5.41) is 9.86. The fraction of sp³-hybridized carbons (Fsp3) is 0.179. The van der Waals surface area contributed by atoms with Crippen LogP contribution in [0.15, 0.2) is 77.7 Å². The van der Waals surface area contributed by atoms with Crippen LogP contribution in [0.3, 0.4) is 0 Å². The number of hydrogen-bond donors (Lipinski definition) is 1. The number of carboxylic acid groups (broad SMARTS) is 1. The van der Waals surface area contributed by atoms with E-state index in [0.29, 0.717) is 40.7 Å². The highest BCUT2D eigenvalue weighted by Gasteiger charge is 2.41. The summed E-state index contributed by atoms with van der Waals surface area (Å²) in [6.45, 7) is 4.77. The second-order valence-corrected chi connectivity index (χ2v) is 9.79. The fourth-order valence-electron chi connectivity index (χ4n) is 3.74. The van der Waals surface area contributed by atoms with Gasteiger partial charge in [0.05, 0.1) is 11.5 Å². The van der Waals surface area contributed by atoms with Gasteiger partial charge in [0.15, 0.2) is 17.5 Å². The molecule has 1 atom stereocenters. The number of aliphatic carboxylic acids is 1. The molecule has 6 nitrogen and oxygen atoms in total. The summed E-state index contributed by atoms with van der Waals surface area (Å²) in [4.78, 5) is 26.8. The molecule has 0 aromatic heterocycles. The van der Waals surface area contributed by atoms with Gasteiger partial charge in [-0.2, -0.15) is 0 Å². The first-order valence-electron chi connectivity index (χ1n) is 11.4. The van der Waals surface area contributed by atoms with Gasteiger partial charge in [0.2, 0.25) is 0 Å². The lowest BCUT2D eigenvalue weighted by molar-refractivity contribution is -0.145. The molecular formula is C28H25NO5S2. The maximum atomic E-state index is 13.2. The van der Waals surface area contributed by atoms with Crippen molar-refractivity contribution in [2.45, 2.75) is 26.5 Å². The van der Waals surface area contributed by atoms with Gasteiger partial charge >= 0.3 is 5.97 Å². The highest BCUT2D eigenvalue weighted by molar-refractivity contribution is 8.26. The number of benzene rings is 3. The minimum atomic E-state index is -1.19. The van der Waals surface area contributed by atoms with E-state index in [1.165, 1.54) is 5.56 Å². The lowest BCUT2D eigenvalue weighted by Gasteiger charge is -2.23. The van der Waals surface area contributed by atoms with Crippen molar-refractivity contribution < 1.29 is 24.2 Å². The van der Waals surface area contributed by atoms with Crippen molar-refractivity contribution in [2.24, 2.45) is 0 Å². The molecule has 1 aliphatic rings. The van der Waals surface area contributed by atoms with Crippen LogP contribution in [0.5, 0.6) is 11.5 Å². The van der Waals surface area contributed by atoms with Crippen LogP contribution in [-0.2, 0) is 16.2 Å². The number of ether oxygens (including phenoxy) is 2. The van der Waals surface area contributed by atoms with E-state index in [2.05, 4.69) is 0 Å². The minimum Gasteiger partial charge on any atom is -0.490 e. The number of carbonyl (C=O) groups excluding carboxylic acids is 1. The molecule has 0 saturated carbocycles. The van der Waals surface area contributed by atoms with Crippen molar-refractivity contribution in [3.63, 3.8) is 0 Å². The largest absolute Gasteiger partial charge is 0.490 e. The van der Waals surface area contributed by atoms with Crippen molar-refractivity contribution in [1.82, 2.24) is 4.90 Å². The van der Waals surface area contributed by atoms with Crippen molar-refractivity contribution >= 4 is 46.3 Å². The quantitative estimate of drug-likeness (QED) is 0.274. The number of thiocarbonyl (C=S) groups is 1. The van der Waals surface area contributed by atoms with Crippen LogP contribution in [0.25, 0.3) is 6.08 Å². The molecule has 0 aliphatic carbocycles. The normalized spacial score (nSPS) is 15.3. The molecule has 0 spiro atoms. The van der Waals surface area contributed by atoms with Crippen molar-refractivity contribution in [3.8, 4) is 11.5 Å². The smallest absolute Gasteiger partial charge is 0.331 e. The SMILES string of the molecule is CCOc1cc(/C=C2\SC(=S)N(C(C(=O)O)c3ccccc3)C2=O)ccc1OCc1ccc(C)cc1. The summed E-state index contributed by atoms with van der Waals surface area (Å²) in [6, 6.07) is 20.9. The summed E-state index contributed by atoms with van der Waals surface area (Å²) in [6.07, 6.45) is 1.69. The topological polar surface area (TPSA) is 76.1 Å². The van der Waals surface area contributed by atoms with Gasteiger partial charge in [-0.1, -0.05) is 90.2 Å². The van der Waals surface area contributed by atoms with Crippen LogP contribution in [0.2, 0.25) is 0 Å². The first-order valence-corrected chi connectivity index (χ1v) is 12.6. The van der Waals surface area contributed by atoms with E-state index in [4.69, 9.17) is 21.7 Å². The van der Waals surface area contributed by atoms with E-state index in [0.717, 1.165) is 22.2 Å². The summed E-state index contributed by atoms with van der Waals surface area (Å²) in [5.41, 5.74) is 3.42. The van der Waals surface area contributed by atoms with Crippen LogP contribution in [0.4, 0.5) is 0 Å². The Bertz CT molecular complexity index is 1310. The Kier molecular flexibility index (Phi) is 8.07.